The van der Waals surface area contributed by atoms with E-state index in [2.05, 4.69) is 17.6 Å². The molecule has 0 aromatic heterocycles. The molecule has 2 bridgehead atoms. The van der Waals surface area contributed by atoms with Crippen molar-refractivity contribution in [1.82, 2.24) is 10.2 Å². The average molecular weight is 488 g/mol. The number of hydrogen-bond donors (Lipinski definition) is 3. The minimum Gasteiger partial charge on any atom is -0.396 e. The number of benzene rings is 1. The molecule has 3 aliphatic heterocycles. The Balaban J connectivity index is 1.55. The van der Waals surface area contributed by atoms with Crippen molar-refractivity contribution in [2.45, 2.75) is 74.3 Å². The van der Waals surface area contributed by atoms with Crippen LogP contribution in [-0.2, 0) is 14.4 Å². The fraction of sp³-hybridized carbons (Fsp3) is 0.654. The van der Waals surface area contributed by atoms with Crippen molar-refractivity contribution in [3.63, 3.8) is 0 Å². The van der Waals surface area contributed by atoms with Crippen LogP contribution >= 0.6 is 11.8 Å². The first-order valence-corrected chi connectivity index (χ1v) is 13.6. The van der Waals surface area contributed by atoms with Crippen LogP contribution in [0.2, 0.25) is 0 Å². The maximum Gasteiger partial charge on any atom is 0.244 e. The van der Waals surface area contributed by atoms with E-state index in [-0.39, 0.29) is 29.6 Å². The van der Waals surface area contributed by atoms with Gasteiger partial charge in [-0.15, -0.1) is 11.8 Å². The summed E-state index contributed by atoms with van der Waals surface area (Å²) in [6, 6.07) is 8.84. The lowest BCUT2D eigenvalue weighted by atomic mass is 9.70. The van der Waals surface area contributed by atoms with E-state index in [4.69, 9.17) is 5.11 Å². The van der Waals surface area contributed by atoms with Gasteiger partial charge in [0.05, 0.1) is 16.6 Å². The summed E-state index contributed by atoms with van der Waals surface area (Å²) in [4.78, 5) is 42.4. The number of unbranched alkanes of at least 4 members (excludes halogenated alkanes) is 4. The van der Waals surface area contributed by atoms with Crippen LogP contribution in [0.3, 0.4) is 0 Å². The predicted octanol–water partition coefficient (Wildman–Crippen LogP) is 3.19. The van der Waals surface area contributed by atoms with Gasteiger partial charge < -0.3 is 20.6 Å². The van der Waals surface area contributed by atoms with Crippen molar-refractivity contribution in [3.8, 4) is 0 Å². The number of thioether (sulfide) groups is 1. The van der Waals surface area contributed by atoms with Gasteiger partial charge in [-0.2, -0.15) is 0 Å². The molecule has 3 aliphatic rings. The highest BCUT2D eigenvalue weighted by Crippen LogP contribution is 2.66. The SMILES string of the molecule is CCCCNC(=O)C1N(CCCCCCO)C(=O)[C@@H]2[C@@H](C(=O)Nc3ccccc3)[C@H]3CCC12S3. The number of aliphatic hydroxyl groups excluding tert-OH is 1. The minimum absolute atomic E-state index is 0.0410. The smallest absolute Gasteiger partial charge is 0.244 e. The van der Waals surface area contributed by atoms with Crippen molar-refractivity contribution in [1.29, 1.82) is 0 Å². The zero-order valence-corrected chi connectivity index (χ0v) is 20.8. The van der Waals surface area contributed by atoms with E-state index in [1.165, 1.54) is 0 Å². The molecule has 8 heteroatoms. The van der Waals surface area contributed by atoms with Crippen LogP contribution in [0, 0.1) is 11.8 Å². The predicted molar refractivity (Wildman–Crippen MR) is 134 cm³/mol. The summed E-state index contributed by atoms with van der Waals surface area (Å²) < 4.78 is -0.526. The molecule has 3 N–H and O–H groups in total. The van der Waals surface area contributed by atoms with E-state index in [1.807, 2.05) is 30.3 Å². The normalized spacial score (nSPS) is 29.4. The van der Waals surface area contributed by atoms with E-state index in [0.717, 1.165) is 57.1 Å². The van der Waals surface area contributed by atoms with E-state index >= 15 is 0 Å². The maximum absolute atomic E-state index is 13.8. The fourth-order valence-corrected chi connectivity index (χ4v) is 8.19. The number of fused-ring (bicyclic) bond motifs is 1. The quantitative estimate of drug-likeness (QED) is 0.393. The summed E-state index contributed by atoms with van der Waals surface area (Å²) in [6.07, 6.45) is 6.89. The number of likely N-dealkylation sites (tertiary alicyclic amines) is 1. The fourth-order valence-electron chi connectivity index (χ4n) is 5.97. The second-order valence-electron chi connectivity index (χ2n) is 9.73. The van der Waals surface area contributed by atoms with E-state index in [1.54, 1.807) is 16.7 Å². The molecule has 1 spiro atoms. The van der Waals surface area contributed by atoms with E-state index in [0.29, 0.717) is 13.1 Å². The lowest BCUT2D eigenvalue weighted by Crippen LogP contribution is -2.53. The molecule has 7 nitrogen and oxygen atoms in total. The van der Waals surface area contributed by atoms with Gasteiger partial charge in [0, 0.05) is 30.6 Å². The van der Waals surface area contributed by atoms with Crippen molar-refractivity contribution in [3.05, 3.63) is 30.3 Å². The Kier molecular flexibility index (Phi) is 8.19. The highest BCUT2D eigenvalue weighted by molar-refractivity contribution is 8.02. The van der Waals surface area contributed by atoms with Crippen molar-refractivity contribution in [2.24, 2.45) is 11.8 Å². The Morgan fingerprint density at radius 2 is 1.88 bits per heavy atom. The Morgan fingerprint density at radius 1 is 1.12 bits per heavy atom. The van der Waals surface area contributed by atoms with Gasteiger partial charge in [0.2, 0.25) is 17.7 Å². The summed E-state index contributed by atoms with van der Waals surface area (Å²) in [7, 11) is 0. The van der Waals surface area contributed by atoms with Crippen molar-refractivity contribution in [2.75, 3.05) is 25.0 Å². The molecule has 2 unspecified atom stereocenters. The molecule has 0 saturated carbocycles. The highest BCUT2D eigenvalue weighted by Gasteiger charge is 2.73. The Hall–Kier alpha value is -2.06. The number of para-hydroxylation sites is 1. The van der Waals surface area contributed by atoms with Crippen LogP contribution in [-0.4, -0.2) is 63.5 Å². The lowest BCUT2D eigenvalue weighted by Gasteiger charge is -2.34. The van der Waals surface area contributed by atoms with Crippen LogP contribution in [0.25, 0.3) is 0 Å². The van der Waals surface area contributed by atoms with Gasteiger partial charge in [0.25, 0.3) is 0 Å². The number of carbonyl (C=O) groups excluding carboxylic acids is 3. The number of amides is 3. The van der Waals surface area contributed by atoms with Crippen molar-refractivity contribution < 1.29 is 19.5 Å². The molecule has 34 heavy (non-hydrogen) atoms. The first-order valence-electron chi connectivity index (χ1n) is 12.8. The third-order valence-electron chi connectivity index (χ3n) is 7.53. The second kappa shape index (κ2) is 11.1. The van der Waals surface area contributed by atoms with Gasteiger partial charge in [-0.25, -0.2) is 0 Å². The summed E-state index contributed by atoms with van der Waals surface area (Å²) >= 11 is 1.71. The summed E-state index contributed by atoms with van der Waals surface area (Å²) in [5.41, 5.74) is 0.731. The van der Waals surface area contributed by atoms with E-state index < -0.39 is 22.6 Å². The standard InChI is InChI=1S/C26H37N3O4S/c1-2-3-15-27-24(32)22-26-14-13-19(34-26)20(23(31)28-18-11-7-6-8-12-18)21(26)25(33)29(22)16-9-4-5-10-17-30/h6-8,11-12,19-22,30H,2-5,9-10,13-17H2,1H3,(H,27,32)(H,28,31)/t19-,20+,21+,22?,26?/m1/s1. The summed E-state index contributed by atoms with van der Waals surface area (Å²) in [5.74, 6) is -1.10. The molecule has 5 atom stereocenters. The van der Waals surface area contributed by atoms with Crippen LogP contribution < -0.4 is 10.6 Å². The molecule has 0 aliphatic carbocycles. The average Bonchev–Trinajstić information content (AvgIpc) is 3.47. The molecule has 186 valence electrons. The molecule has 1 aromatic carbocycles. The minimum atomic E-state index is -0.526. The topological polar surface area (TPSA) is 98.7 Å². The third kappa shape index (κ3) is 4.71. The molecule has 0 radical (unpaired) electrons. The van der Waals surface area contributed by atoms with Gasteiger partial charge >= 0.3 is 0 Å². The largest absolute Gasteiger partial charge is 0.396 e. The van der Waals surface area contributed by atoms with Crippen LogP contribution in [0.15, 0.2) is 30.3 Å². The van der Waals surface area contributed by atoms with Gasteiger partial charge in [-0.3, -0.25) is 14.4 Å². The number of carbonyl (C=O) groups is 3. The molecule has 4 rings (SSSR count). The van der Waals surface area contributed by atoms with Crippen molar-refractivity contribution >= 4 is 35.2 Å². The van der Waals surface area contributed by atoms with Gasteiger partial charge in [-0.1, -0.05) is 44.4 Å². The zero-order valence-electron chi connectivity index (χ0n) is 20.0. The Labute approximate surface area is 206 Å². The highest BCUT2D eigenvalue weighted by atomic mass is 32.2. The van der Waals surface area contributed by atoms with Gasteiger partial charge in [-0.05, 0) is 44.2 Å². The summed E-state index contributed by atoms with van der Waals surface area (Å²) in [5, 5.41) is 15.2. The van der Waals surface area contributed by atoms with Crippen LogP contribution in [0.4, 0.5) is 5.69 Å². The first kappa shape index (κ1) is 25.0. The number of nitrogens with one attached hydrogen (secondary N) is 2. The Morgan fingerprint density at radius 3 is 2.62 bits per heavy atom. The third-order valence-corrected chi connectivity index (χ3v) is 9.48. The number of aliphatic hydroxyl groups is 1. The molecular weight excluding hydrogens is 450 g/mol. The molecular formula is C26H37N3O4S. The zero-order chi connectivity index (χ0) is 24.1. The van der Waals surface area contributed by atoms with Crippen LogP contribution in [0.5, 0.6) is 0 Å². The van der Waals surface area contributed by atoms with Gasteiger partial charge in [0.1, 0.15) is 6.04 Å². The molecule has 3 saturated heterocycles. The first-order chi connectivity index (χ1) is 16.5. The number of anilines is 1. The number of rotatable bonds is 12. The Bertz CT molecular complexity index is 882. The van der Waals surface area contributed by atoms with E-state index in [9.17, 15) is 14.4 Å². The van der Waals surface area contributed by atoms with Gasteiger partial charge in [0.15, 0.2) is 0 Å². The molecule has 3 fully saturated rings. The number of hydrogen-bond acceptors (Lipinski definition) is 5. The monoisotopic (exact) mass is 487 g/mol. The number of nitrogens with zero attached hydrogens (tertiary/aromatic N) is 1. The summed E-state index contributed by atoms with van der Waals surface area (Å²) in [6.45, 7) is 3.39. The van der Waals surface area contributed by atoms with Crippen LogP contribution in [0.1, 0.15) is 58.3 Å². The maximum atomic E-state index is 13.8. The lowest BCUT2D eigenvalue weighted by molar-refractivity contribution is -0.139. The second-order valence-corrected chi connectivity index (χ2v) is 11.3. The molecule has 3 amide bonds. The molecule has 3 heterocycles. The molecule has 1 aromatic rings.